The summed E-state index contributed by atoms with van der Waals surface area (Å²) >= 11 is 1.28. The van der Waals surface area contributed by atoms with Gasteiger partial charge in [0.05, 0.1) is 5.69 Å². The first-order valence-corrected chi connectivity index (χ1v) is 6.21. The molecule has 19 heavy (non-hydrogen) atoms. The van der Waals surface area contributed by atoms with Gasteiger partial charge in [0.15, 0.2) is 5.76 Å². The van der Waals surface area contributed by atoms with Gasteiger partial charge >= 0.3 is 5.97 Å². The van der Waals surface area contributed by atoms with Crippen LogP contribution in [0.25, 0.3) is 0 Å². The molecule has 0 atom stereocenters. The van der Waals surface area contributed by atoms with Crippen molar-refractivity contribution in [2.45, 2.75) is 24.1 Å². The molecule has 0 aromatic carbocycles. The van der Waals surface area contributed by atoms with E-state index in [4.69, 9.17) is 14.4 Å². The summed E-state index contributed by atoms with van der Waals surface area (Å²) in [6.07, 6.45) is 0. The Kier molecular flexibility index (Phi) is 4.47. The summed E-state index contributed by atoms with van der Waals surface area (Å²) < 4.78 is 11.2. The molecule has 0 saturated heterocycles. The van der Waals surface area contributed by atoms with Crippen LogP contribution in [0.3, 0.4) is 0 Å². The fourth-order valence-corrected chi connectivity index (χ4v) is 2.06. The van der Waals surface area contributed by atoms with E-state index >= 15 is 0 Å². The molecule has 10 heteroatoms. The molecule has 0 aliphatic rings. The van der Waals surface area contributed by atoms with E-state index in [0.29, 0.717) is 29.0 Å². The molecule has 0 fully saturated rings. The number of carboxylic acids is 1. The fraction of sp³-hybridized carbons (Fsp3) is 0.444. The Morgan fingerprint density at radius 3 is 3.21 bits per heavy atom. The lowest BCUT2D eigenvalue weighted by Gasteiger charge is -1.98. The molecule has 0 saturated carbocycles. The highest BCUT2D eigenvalue weighted by Gasteiger charge is 2.11. The van der Waals surface area contributed by atoms with Crippen molar-refractivity contribution < 1.29 is 19.2 Å². The number of tetrazole rings is 1. The first kappa shape index (κ1) is 13.5. The largest absolute Gasteiger partial charge is 0.480 e. The van der Waals surface area contributed by atoms with E-state index in [0.717, 1.165) is 0 Å². The molecule has 102 valence electrons. The summed E-state index contributed by atoms with van der Waals surface area (Å²) in [5.41, 5.74) is 0.710. The van der Waals surface area contributed by atoms with Gasteiger partial charge in [-0.2, -0.15) is 0 Å². The van der Waals surface area contributed by atoms with Gasteiger partial charge in [0.2, 0.25) is 5.16 Å². The number of aliphatic carboxylic acids is 1. The van der Waals surface area contributed by atoms with Crippen molar-refractivity contribution in [1.82, 2.24) is 25.4 Å². The Hall–Kier alpha value is -1.94. The number of rotatable bonds is 7. The van der Waals surface area contributed by atoms with E-state index in [1.165, 1.54) is 16.4 Å². The molecule has 0 aliphatic carbocycles. The highest BCUT2D eigenvalue weighted by molar-refractivity contribution is 7.98. The molecule has 0 radical (unpaired) electrons. The van der Waals surface area contributed by atoms with Gasteiger partial charge in [-0.25, -0.2) is 4.68 Å². The monoisotopic (exact) mass is 285 g/mol. The second kappa shape index (κ2) is 6.29. The Morgan fingerprint density at radius 2 is 2.47 bits per heavy atom. The normalized spacial score (nSPS) is 10.8. The van der Waals surface area contributed by atoms with E-state index in [1.807, 2.05) is 0 Å². The molecule has 0 unspecified atom stereocenters. The van der Waals surface area contributed by atoms with Crippen molar-refractivity contribution in [2.24, 2.45) is 0 Å². The molecule has 1 N–H and O–H groups in total. The second-order valence-corrected chi connectivity index (χ2v) is 4.46. The number of thioether (sulfide) groups is 1. The van der Waals surface area contributed by atoms with Crippen molar-refractivity contribution >= 4 is 17.7 Å². The minimum atomic E-state index is -1.00. The predicted octanol–water partition coefficient (Wildman–Crippen LogP) is 0.184. The standard InChI is InChI=1S/C9H11N5O4S/c1-17-4-7-2-6(11-18-7)5-19-9-10-12-13-14(9)3-8(15)16/h2H,3-5H2,1H3,(H,15,16). The number of carbonyl (C=O) groups is 1. The highest BCUT2D eigenvalue weighted by Crippen LogP contribution is 2.19. The average Bonchev–Trinajstić information content (AvgIpc) is 2.96. The van der Waals surface area contributed by atoms with Crippen LogP contribution in [0.15, 0.2) is 15.7 Å². The minimum Gasteiger partial charge on any atom is -0.480 e. The number of nitrogens with zero attached hydrogens (tertiary/aromatic N) is 5. The lowest BCUT2D eigenvalue weighted by molar-refractivity contribution is -0.138. The molecule has 2 aromatic heterocycles. The van der Waals surface area contributed by atoms with Crippen LogP contribution in [-0.4, -0.2) is 43.5 Å². The van der Waals surface area contributed by atoms with Gasteiger partial charge in [-0.15, -0.1) is 5.10 Å². The van der Waals surface area contributed by atoms with Gasteiger partial charge in [0.1, 0.15) is 13.2 Å². The zero-order chi connectivity index (χ0) is 13.7. The Bertz CT molecular complexity index is 554. The molecule has 0 spiro atoms. The van der Waals surface area contributed by atoms with Crippen LogP contribution in [0.1, 0.15) is 11.5 Å². The smallest absolute Gasteiger partial charge is 0.325 e. The van der Waals surface area contributed by atoms with E-state index in [-0.39, 0.29) is 6.54 Å². The van der Waals surface area contributed by atoms with Gasteiger partial charge in [-0.3, -0.25) is 4.79 Å². The summed E-state index contributed by atoms with van der Waals surface area (Å²) in [4.78, 5) is 10.6. The second-order valence-electron chi connectivity index (χ2n) is 3.52. The summed E-state index contributed by atoms with van der Waals surface area (Å²) in [5.74, 6) is 0.105. The summed E-state index contributed by atoms with van der Waals surface area (Å²) in [6, 6.07) is 1.77. The van der Waals surface area contributed by atoms with Crippen LogP contribution in [0.5, 0.6) is 0 Å². The van der Waals surface area contributed by atoms with Crippen LogP contribution in [0.4, 0.5) is 0 Å². The van der Waals surface area contributed by atoms with Gasteiger partial charge in [-0.05, 0) is 10.4 Å². The zero-order valence-electron chi connectivity index (χ0n) is 10.0. The van der Waals surface area contributed by atoms with Gasteiger partial charge in [0.25, 0.3) is 0 Å². The third-order valence-corrected chi connectivity index (χ3v) is 3.02. The van der Waals surface area contributed by atoms with Gasteiger partial charge in [-0.1, -0.05) is 16.9 Å². The number of hydrogen-bond donors (Lipinski definition) is 1. The Morgan fingerprint density at radius 1 is 1.63 bits per heavy atom. The highest BCUT2D eigenvalue weighted by atomic mass is 32.2. The van der Waals surface area contributed by atoms with E-state index in [9.17, 15) is 4.79 Å². The number of aromatic nitrogens is 5. The minimum absolute atomic E-state index is 0.275. The maximum absolute atomic E-state index is 10.6. The molecule has 2 rings (SSSR count). The Balaban J connectivity index is 1.94. The van der Waals surface area contributed by atoms with E-state index in [2.05, 4.69) is 20.7 Å². The van der Waals surface area contributed by atoms with Crippen molar-refractivity contribution in [3.63, 3.8) is 0 Å². The van der Waals surface area contributed by atoms with Gasteiger partial charge < -0.3 is 14.4 Å². The number of carboxylic acid groups (broad SMARTS) is 1. The predicted molar refractivity (Wildman–Crippen MR) is 62.2 cm³/mol. The van der Waals surface area contributed by atoms with Crippen LogP contribution in [0, 0.1) is 0 Å². The zero-order valence-corrected chi connectivity index (χ0v) is 10.8. The van der Waals surface area contributed by atoms with Crippen LogP contribution < -0.4 is 0 Å². The molecular formula is C9H11N5O4S. The first-order valence-electron chi connectivity index (χ1n) is 5.23. The fourth-order valence-electron chi connectivity index (χ4n) is 1.30. The van der Waals surface area contributed by atoms with Gasteiger partial charge in [0, 0.05) is 18.9 Å². The lowest BCUT2D eigenvalue weighted by atomic mass is 10.4. The molecule has 0 bridgehead atoms. The summed E-state index contributed by atoms with van der Waals surface area (Å²) in [6.45, 7) is 0.0808. The van der Waals surface area contributed by atoms with Crippen molar-refractivity contribution in [3.05, 3.63) is 17.5 Å². The van der Waals surface area contributed by atoms with E-state index in [1.54, 1.807) is 13.2 Å². The quantitative estimate of drug-likeness (QED) is 0.711. The maximum atomic E-state index is 10.6. The molecule has 2 heterocycles. The SMILES string of the molecule is COCc1cc(CSc2nnnn2CC(=O)O)no1. The van der Waals surface area contributed by atoms with Crippen LogP contribution in [0.2, 0.25) is 0 Å². The maximum Gasteiger partial charge on any atom is 0.325 e. The van der Waals surface area contributed by atoms with Crippen molar-refractivity contribution in [1.29, 1.82) is 0 Å². The molecule has 0 aliphatic heterocycles. The molecule has 0 amide bonds. The average molecular weight is 285 g/mol. The summed E-state index contributed by atoms with van der Waals surface area (Å²) in [5, 5.41) is 23.7. The third kappa shape index (κ3) is 3.76. The molecule has 2 aromatic rings. The van der Waals surface area contributed by atoms with Crippen LogP contribution in [-0.2, 0) is 28.4 Å². The van der Waals surface area contributed by atoms with E-state index < -0.39 is 5.97 Å². The number of hydrogen-bond acceptors (Lipinski definition) is 8. The molecule has 9 nitrogen and oxygen atoms in total. The third-order valence-electron chi connectivity index (χ3n) is 2.03. The first-order chi connectivity index (χ1) is 9.19. The lowest BCUT2D eigenvalue weighted by Crippen LogP contribution is -2.11. The van der Waals surface area contributed by atoms with Crippen molar-refractivity contribution in [2.75, 3.05) is 7.11 Å². The molecular weight excluding hydrogens is 274 g/mol. The Labute approximate surface area is 111 Å². The summed E-state index contributed by atoms with van der Waals surface area (Å²) in [7, 11) is 1.57. The number of ether oxygens (including phenoxy) is 1. The van der Waals surface area contributed by atoms with Crippen molar-refractivity contribution in [3.8, 4) is 0 Å². The van der Waals surface area contributed by atoms with Crippen LogP contribution >= 0.6 is 11.8 Å². The topological polar surface area (TPSA) is 116 Å². The number of methoxy groups -OCH3 is 1.